The lowest BCUT2D eigenvalue weighted by Crippen LogP contribution is -2.37. The molecule has 0 saturated carbocycles. The van der Waals surface area contributed by atoms with E-state index in [4.69, 9.17) is 27.9 Å². The minimum atomic E-state index is 0.432. The molecule has 1 N–H and O–H groups in total. The third-order valence-electron chi connectivity index (χ3n) is 5.23. The molecule has 0 unspecified atom stereocenters. The van der Waals surface area contributed by atoms with Crippen molar-refractivity contribution in [2.45, 2.75) is 24.8 Å². The monoisotopic (exact) mass is 376 g/mol. The molecule has 0 aromatic heterocycles. The molecule has 1 saturated heterocycles. The summed E-state index contributed by atoms with van der Waals surface area (Å²) in [6.07, 6.45) is 2.19. The molecule has 25 heavy (non-hydrogen) atoms. The summed E-state index contributed by atoms with van der Waals surface area (Å²) in [5.74, 6) is 1.34. The number of rotatable bonds is 4. The molecule has 1 fully saturated rings. The van der Waals surface area contributed by atoms with Gasteiger partial charge in [-0.25, -0.2) is 0 Å². The van der Waals surface area contributed by atoms with Gasteiger partial charge in [0.05, 0.1) is 17.3 Å². The summed E-state index contributed by atoms with van der Waals surface area (Å²) in [4.78, 5) is 2.42. The van der Waals surface area contributed by atoms with Gasteiger partial charge in [0.15, 0.2) is 0 Å². The maximum absolute atomic E-state index is 6.58. The lowest BCUT2D eigenvalue weighted by molar-refractivity contribution is 0.317. The van der Waals surface area contributed by atoms with Crippen molar-refractivity contribution in [1.82, 2.24) is 5.32 Å². The molecule has 2 atom stereocenters. The third-order valence-corrected chi connectivity index (χ3v) is 5.87. The fraction of sp³-hybridized carbons (Fsp3) is 0.400. The first-order valence-electron chi connectivity index (χ1n) is 8.89. The Labute approximate surface area is 158 Å². The van der Waals surface area contributed by atoms with E-state index in [1.54, 1.807) is 0 Å². The average Bonchev–Trinajstić information content (AvgIpc) is 2.78. The number of hydrogen-bond acceptors (Lipinski definition) is 3. The Balaban J connectivity index is 1.58. The second-order valence-electron chi connectivity index (χ2n) is 6.65. The van der Waals surface area contributed by atoms with E-state index < -0.39 is 0 Å². The normalized spacial score (nSPS) is 22.2. The summed E-state index contributed by atoms with van der Waals surface area (Å²) in [5.41, 5.74) is 2.34. The minimum Gasteiger partial charge on any atom is -0.492 e. The van der Waals surface area contributed by atoms with Crippen molar-refractivity contribution in [2.24, 2.45) is 0 Å². The van der Waals surface area contributed by atoms with Crippen molar-refractivity contribution in [3.05, 3.63) is 58.1 Å². The van der Waals surface area contributed by atoms with E-state index in [1.807, 2.05) is 42.5 Å². The predicted molar refractivity (Wildman–Crippen MR) is 104 cm³/mol. The van der Waals surface area contributed by atoms with Crippen molar-refractivity contribution in [3.8, 4) is 5.75 Å². The Morgan fingerprint density at radius 1 is 1.00 bits per heavy atom. The Hall–Kier alpha value is -1.42. The van der Waals surface area contributed by atoms with E-state index in [1.165, 1.54) is 5.56 Å². The molecule has 0 bridgehead atoms. The highest BCUT2D eigenvalue weighted by atomic mass is 35.5. The number of anilines is 1. The highest BCUT2D eigenvalue weighted by molar-refractivity contribution is 6.36. The third kappa shape index (κ3) is 3.33. The van der Waals surface area contributed by atoms with Crippen molar-refractivity contribution >= 4 is 28.9 Å². The van der Waals surface area contributed by atoms with Crippen LogP contribution in [0.4, 0.5) is 5.69 Å². The predicted octanol–water partition coefficient (Wildman–Crippen LogP) is 4.73. The van der Waals surface area contributed by atoms with Crippen LogP contribution < -0.4 is 15.0 Å². The smallest absolute Gasteiger partial charge is 0.119 e. The summed E-state index contributed by atoms with van der Waals surface area (Å²) in [5, 5.41) is 5.14. The van der Waals surface area contributed by atoms with Crippen LogP contribution in [0.2, 0.25) is 10.0 Å². The van der Waals surface area contributed by atoms with Crippen LogP contribution in [0.1, 0.15) is 24.3 Å². The second kappa shape index (κ2) is 7.45. The van der Waals surface area contributed by atoms with Crippen molar-refractivity contribution in [1.29, 1.82) is 0 Å². The molecular formula is C20H22Cl2N2O. The van der Waals surface area contributed by atoms with Crippen LogP contribution in [0.25, 0.3) is 0 Å². The minimum absolute atomic E-state index is 0.432. The maximum Gasteiger partial charge on any atom is 0.119 e. The Morgan fingerprint density at radius 2 is 1.76 bits per heavy atom. The zero-order valence-electron chi connectivity index (χ0n) is 14.1. The van der Waals surface area contributed by atoms with E-state index in [0.29, 0.717) is 18.6 Å². The Bertz CT molecular complexity index is 738. The van der Waals surface area contributed by atoms with Crippen LogP contribution >= 0.6 is 23.2 Å². The number of nitrogens with one attached hydrogen (secondary N) is 1. The molecule has 132 valence electrons. The van der Waals surface area contributed by atoms with Crippen LogP contribution in [0.3, 0.4) is 0 Å². The van der Waals surface area contributed by atoms with Crippen molar-refractivity contribution < 1.29 is 4.74 Å². The van der Waals surface area contributed by atoms with E-state index >= 15 is 0 Å². The lowest BCUT2D eigenvalue weighted by atomic mass is 9.91. The van der Waals surface area contributed by atoms with Gasteiger partial charge in [0.1, 0.15) is 12.4 Å². The summed E-state index contributed by atoms with van der Waals surface area (Å²) < 4.78 is 5.93. The first kappa shape index (κ1) is 17.0. The number of fused-ring (bicyclic) bond motifs is 3. The molecule has 0 aliphatic carbocycles. The quantitative estimate of drug-likeness (QED) is 0.834. The zero-order valence-corrected chi connectivity index (χ0v) is 15.6. The van der Waals surface area contributed by atoms with Gasteiger partial charge in [-0.05, 0) is 50.2 Å². The topological polar surface area (TPSA) is 24.5 Å². The summed E-state index contributed by atoms with van der Waals surface area (Å²) in [6.45, 7) is 3.49. The van der Waals surface area contributed by atoms with Gasteiger partial charge in [-0.15, -0.1) is 0 Å². The van der Waals surface area contributed by atoms with Gasteiger partial charge < -0.3 is 15.0 Å². The molecule has 2 aliphatic heterocycles. The van der Waals surface area contributed by atoms with Gasteiger partial charge in [-0.3, -0.25) is 0 Å². The maximum atomic E-state index is 6.58. The number of benzene rings is 2. The summed E-state index contributed by atoms with van der Waals surface area (Å²) in [6, 6.07) is 14.2. The van der Waals surface area contributed by atoms with Crippen molar-refractivity contribution in [3.63, 3.8) is 0 Å². The average molecular weight is 377 g/mol. The molecule has 4 rings (SSSR count). The zero-order chi connectivity index (χ0) is 17.2. The molecule has 3 nitrogen and oxygen atoms in total. The van der Waals surface area contributed by atoms with Crippen LogP contribution in [0, 0.1) is 0 Å². The van der Waals surface area contributed by atoms with Crippen LogP contribution in [-0.4, -0.2) is 32.3 Å². The number of hydrogen-bond donors (Lipinski definition) is 1. The van der Waals surface area contributed by atoms with Gasteiger partial charge in [0.2, 0.25) is 0 Å². The molecule has 5 heteroatoms. The molecule has 0 spiro atoms. The fourth-order valence-corrected chi connectivity index (χ4v) is 4.73. The van der Waals surface area contributed by atoms with E-state index in [0.717, 1.165) is 54.0 Å². The van der Waals surface area contributed by atoms with Crippen LogP contribution in [-0.2, 0) is 0 Å². The number of halogens is 2. The van der Waals surface area contributed by atoms with Crippen molar-refractivity contribution in [2.75, 3.05) is 31.1 Å². The van der Waals surface area contributed by atoms with Gasteiger partial charge in [-0.2, -0.15) is 0 Å². The first-order valence-corrected chi connectivity index (χ1v) is 9.64. The van der Waals surface area contributed by atoms with Gasteiger partial charge in [0, 0.05) is 22.5 Å². The number of ether oxygens (including phenoxy) is 1. The van der Waals surface area contributed by atoms with Gasteiger partial charge >= 0.3 is 0 Å². The van der Waals surface area contributed by atoms with E-state index in [2.05, 4.69) is 10.2 Å². The van der Waals surface area contributed by atoms with E-state index in [-0.39, 0.29) is 0 Å². The summed E-state index contributed by atoms with van der Waals surface area (Å²) in [7, 11) is 0. The molecule has 2 heterocycles. The first-order chi connectivity index (χ1) is 12.3. The van der Waals surface area contributed by atoms with Gasteiger partial charge in [0.25, 0.3) is 0 Å². The molecule has 0 amide bonds. The largest absolute Gasteiger partial charge is 0.492 e. The molecular weight excluding hydrogens is 355 g/mol. The van der Waals surface area contributed by atoms with Gasteiger partial charge in [-0.1, -0.05) is 41.4 Å². The second-order valence-corrected chi connectivity index (χ2v) is 7.46. The molecule has 2 aromatic carbocycles. The van der Waals surface area contributed by atoms with E-state index in [9.17, 15) is 0 Å². The highest BCUT2D eigenvalue weighted by Gasteiger charge is 2.41. The van der Waals surface area contributed by atoms with Crippen LogP contribution in [0.15, 0.2) is 42.5 Å². The number of para-hydroxylation sites is 1. The standard InChI is InChI=1S/C20H22Cl2N2O/c21-16-6-7-17(22)20-19(16)15-8-10-23-11-9-18(15)24(20)12-13-25-14-4-2-1-3-5-14/h1-7,15,18,23H,8-13H2/t15-,18+/m1/s1. The van der Waals surface area contributed by atoms with Crippen LogP contribution in [0.5, 0.6) is 5.75 Å². The lowest BCUT2D eigenvalue weighted by Gasteiger charge is -2.29. The fourth-order valence-electron chi connectivity index (χ4n) is 4.16. The Kier molecular flexibility index (Phi) is 5.07. The number of nitrogens with zero attached hydrogens (tertiary/aromatic N) is 1. The highest BCUT2D eigenvalue weighted by Crippen LogP contribution is 2.50. The molecule has 2 aromatic rings. The molecule has 0 radical (unpaired) electrons. The summed E-state index contributed by atoms with van der Waals surface area (Å²) >= 11 is 13.2. The Morgan fingerprint density at radius 3 is 2.60 bits per heavy atom. The SMILES string of the molecule is Clc1ccc(Cl)c2c1[C@@H]1CCNCC[C@@H]1N2CCOc1ccccc1. The molecule has 2 aliphatic rings.